The van der Waals surface area contributed by atoms with Gasteiger partial charge in [-0.2, -0.15) is 0 Å². The van der Waals surface area contributed by atoms with E-state index in [0.29, 0.717) is 12.5 Å². The number of halogens is 1. The molecule has 4 heteroatoms. The van der Waals surface area contributed by atoms with Crippen LogP contribution >= 0.6 is 15.9 Å². The molecule has 0 N–H and O–H groups in total. The lowest BCUT2D eigenvalue weighted by Gasteiger charge is -2.04. The van der Waals surface area contributed by atoms with Crippen LogP contribution in [0.1, 0.15) is 5.56 Å². The third kappa shape index (κ3) is 3.02. The molecule has 15 heavy (non-hydrogen) atoms. The van der Waals surface area contributed by atoms with E-state index >= 15 is 0 Å². The van der Waals surface area contributed by atoms with Crippen LogP contribution in [0.5, 0.6) is 5.88 Å². The SMILES string of the molecule is Brc1cccc(OCc2cccnc2)n1. The van der Waals surface area contributed by atoms with Crippen molar-refractivity contribution in [2.75, 3.05) is 0 Å². The molecule has 2 aromatic rings. The van der Waals surface area contributed by atoms with Gasteiger partial charge in [0.2, 0.25) is 5.88 Å². The lowest BCUT2D eigenvalue weighted by Crippen LogP contribution is -1.97. The van der Waals surface area contributed by atoms with Gasteiger partial charge in [-0.05, 0) is 28.1 Å². The van der Waals surface area contributed by atoms with Gasteiger partial charge in [0.15, 0.2) is 0 Å². The van der Waals surface area contributed by atoms with Crippen molar-refractivity contribution in [1.82, 2.24) is 9.97 Å². The summed E-state index contributed by atoms with van der Waals surface area (Å²) in [5, 5.41) is 0. The van der Waals surface area contributed by atoms with E-state index in [4.69, 9.17) is 4.74 Å². The lowest BCUT2D eigenvalue weighted by molar-refractivity contribution is 0.293. The molecule has 0 radical (unpaired) electrons. The Morgan fingerprint density at radius 2 is 2.13 bits per heavy atom. The van der Waals surface area contributed by atoms with Crippen LogP contribution in [-0.2, 0) is 6.61 Å². The van der Waals surface area contributed by atoms with E-state index in [2.05, 4.69) is 25.9 Å². The molecule has 0 aliphatic rings. The Bertz CT molecular complexity index is 434. The summed E-state index contributed by atoms with van der Waals surface area (Å²) in [5.74, 6) is 0.605. The molecule has 0 atom stereocenters. The standard InChI is InChI=1S/C11H9BrN2O/c12-10-4-1-5-11(14-10)15-8-9-3-2-6-13-7-9/h1-7H,8H2. The summed E-state index contributed by atoms with van der Waals surface area (Å²) in [4.78, 5) is 8.17. The average molecular weight is 265 g/mol. The van der Waals surface area contributed by atoms with Crippen molar-refractivity contribution in [1.29, 1.82) is 0 Å². The zero-order valence-corrected chi connectivity index (χ0v) is 9.52. The molecule has 0 spiro atoms. The predicted octanol–water partition coefficient (Wildman–Crippen LogP) is 2.82. The summed E-state index contributed by atoms with van der Waals surface area (Å²) in [7, 11) is 0. The molecule has 2 rings (SSSR count). The molecule has 3 nitrogen and oxygen atoms in total. The molecule has 0 unspecified atom stereocenters. The first kappa shape index (κ1) is 10.1. The van der Waals surface area contributed by atoms with Gasteiger partial charge in [0.25, 0.3) is 0 Å². The fourth-order valence-corrected chi connectivity index (χ4v) is 1.44. The topological polar surface area (TPSA) is 35.0 Å². The summed E-state index contributed by atoms with van der Waals surface area (Å²) in [6.45, 7) is 0.483. The maximum atomic E-state index is 5.49. The smallest absolute Gasteiger partial charge is 0.214 e. The molecule has 0 fully saturated rings. The van der Waals surface area contributed by atoms with Gasteiger partial charge in [0, 0.05) is 24.0 Å². The number of ether oxygens (including phenoxy) is 1. The van der Waals surface area contributed by atoms with E-state index in [9.17, 15) is 0 Å². The second kappa shape index (κ2) is 4.89. The van der Waals surface area contributed by atoms with E-state index < -0.39 is 0 Å². The monoisotopic (exact) mass is 264 g/mol. The van der Waals surface area contributed by atoms with Gasteiger partial charge < -0.3 is 4.74 Å². The molecular weight excluding hydrogens is 256 g/mol. The van der Waals surface area contributed by atoms with Gasteiger partial charge in [-0.3, -0.25) is 4.98 Å². The lowest BCUT2D eigenvalue weighted by atomic mass is 10.3. The summed E-state index contributed by atoms with van der Waals surface area (Å²) < 4.78 is 6.26. The van der Waals surface area contributed by atoms with E-state index in [1.54, 1.807) is 12.4 Å². The summed E-state index contributed by atoms with van der Waals surface area (Å²) in [6, 6.07) is 9.41. The first-order valence-corrected chi connectivity index (χ1v) is 5.28. The van der Waals surface area contributed by atoms with Crippen molar-refractivity contribution in [3.8, 4) is 5.88 Å². The Morgan fingerprint density at radius 3 is 2.87 bits per heavy atom. The van der Waals surface area contributed by atoms with Crippen LogP contribution in [0.3, 0.4) is 0 Å². The van der Waals surface area contributed by atoms with Crippen LogP contribution in [0, 0.1) is 0 Å². The highest BCUT2D eigenvalue weighted by atomic mass is 79.9. The highest BCUT2D eigenvalue weighted by molar-refractivity contribution is 9.10. The maximum Gasteiger partial charge on any atom is 0.214 e. The first-order chi connectivity index (χ1) is 7.34. The summed E-state index contributed by atoms with van der Waals surface area (Å²) in [6.07, 6.45) is 3.51. The second-order valence-electron chi connectivity index (χ2n) is 2.95. The Morgan fingerprint density at radius 1 is 1.20 bits per heavy atom. The molecule has 2 aromatic heterocycles. The van der Waals surface area contributed by atoms with Crippen molar-refractivity contribution < 1.29 is 4.74 Å². The van der Waals surface area contributed by atoms with Crippen molar-refractivity contribution in [2.45, 2.75) is 6.61 Å². The number of hydrogen-bond donors (Lipinski definition) is 0. The minimum atomic E-state index is 0.483. The minimum absolute atomic E-state index is 0.483. The maximum absolute atomic E-state index is 5.49. The van der Waals surface area contributed by atoms with Crippen LogP contribution < -0.4 is 4.74 Å². The van der Waals surface area contributed by atoms with E-state index in [-0.39, 0.29) is 0 Å². The Labute approximate surface area is 96.3 Å². The fourth-order valence-electron chi connectivity index (χ4n) is 1.11. The zero-order valence-electron chi connectivity index (χ0n) is 7.93. The first-order valence-electron chi connectivity index (χ1n) is 4.49. The zero-order chi connectivity index (χ0) is 10.5. The molecule has 0 aliphatic carbocycles. The average Bonchev–Trinajstić information content (AvgIpc) is 2.28. The third-order valence-electron chi connectivity index (χ3n) is 1.80. The van der Waals surface area contributed by atoms with Crippen molar-refractivity contribution in [3.63, 3.8) is 0 Å². The molecule has 0 bridgehead atoms. The molecule has 2 heterocycles. The van der Waals surface area contributed by atoms with E-state index in [0.717, 1.165) is 10.2 Å². The van der Waals surface area contributed by atoms with E-state index in [1.807, 2.05) is 30.3 Å². The molecule has 0 aromatic carbocycles. The van der Waals surface area contributed by atoms with Crippen LogP contribution in [0.2, 0.25) is 0 Å². The minimum Gasteiger partial charge on any atom is -0.473 e. The predicted molar refractivity (Wildman–Crippen MR) is 60.5 cm³/mol. The Balaban J connectivity index is 1.99. The highest BCUT2D eigenvalue weighted by Crippen LogP contribution is 2.13. The van der Waals surface area contributed by atoms with Gasteiger partial charge in [-0.15, -0.1) is 0 Å². The van der Waals surface area contributed by atoms with Crippen molar-refractivity contribution in [3.05, 3.63) is 52.9 Å². The largest absolute Gasteiger partial charge is 0.473 e. The number of hydrogen-bond acceptors (Lipinski definition) is 3. The molecule has 0 amide bonds. The Kier molecular flexibility index (Phi) is 3.29. The quantitative estimate of drug-likeness (QED) is 0.800. The van der Waals surface area contributed by atoms with E-state index in [1.165, 1.54) is 0 Å². The fraction of sp³-hybridized carbons (Fsp3) is 0.0909. The molecule has 0 saturated heterocycles. The van der Waals surface area contributed by atoms with Crippen molar-refractivity contribution >= 4 is 15.9 Å². The van der Waals surface area contributed by atoms with Gasteiger partial charge in [0.1, 0.15) is 11.2 Å². The Hall–Kier alpha value is -1.42. The molecule has 0 aliphatic heterocycles. The van der Waals surface area contributed by atoms with Gasteiger partial charge in [-0.1, -0.05) is 12.1 Å². The molecule has 76 valence electrons. The molecular formula is C11H9BrN2O. The second-order valence-corrected chi connectivity index (χ2v) is 3.76. The van der Waals surface area contributed by atoms with Crippen LogP contribution in [0.25, 0.3) is 0 Å². The summed E-state index contributed by atoms with van der Waals surface area (Å²) in [5.41, 5.74) is 1.03. The number of aromatic nitrogens is 2. The number of rotatable bonds is 3. The van der Waals surface area contributed by atoms with Gasteiger partial charge in [0.05, 0.1) is 0 Å². The third-order valence-corrected chi connectivity index (χ3v) is 2.24. The number of pyridine rings is 2. The molecule has 0 saturated carbocycles. The van der Waals surface area contributed by atoms with Crippen LogP contribution in [-0.4, -0.2) is 9.97 Å². The number of nitrogens with zero attached hydrogens (tertiary/aromatic N) is 2. The van der Waals surface area contributed by atoms with Crippen LogP contribution in [0.4, 0.5) is 0 Å². The normalized spacial score (nSPS) is 9.93. The highest BCUT2D eigenvalue weighted by Gasteiger charge is 1.97. The van der Waals surface area contributed by atoms with Gasteiger partial charge in [-0.25, -0.2) is 4.98 Å². The van der Waals surface area contributed by atoms with Crippen LogP contribution in [0.15, 0.2) is 47.3 Å². The van der Waals surface area contributed by atoms with Gasteiger partial charge >= 0.3 is 0 Å². The summed E-state index contributed by atoms with van der Waals surface area (Å²) >= 11 is 3.28. The van der Waals surface area contributed by atoms with Crippen molar-refractivity contribution in [2.24, 2.45) is 0 Å².